The summed E-state index contributed by atoms with van der Waals surface area (Å²) in [7, 11) is 0. The molecule has 0 spiro atoms. The number of para-hydroxylation sites is 1. The van der Waals surface area contributed by atoms with Gasteiger partial charge in [0.15, 0.2) is 0 Å². The minimum Gasteiger partial charge on any atom is -0.322 e. The highest BCUT2D eigenvalue weighted by molar-refractivity contribution is 6.06. The third kappa shape index (κ3) is 3.91. The number of carbonyl (C=O) groups is 1. The number of amides is 1. The van der Waals surface area contributed by atoms with Crippen molar-refractivity contribution in [3.8, 4) is 11.8 Å². The van der Waals surface area contributed by atoms with Gasteiger partial charge in [-0.15, -0.1) is 0 Å². The summed E-state index contributed by atoms with van der Waals surface area (Å²) < 4.78 is 0. The number of benzene rings is 3. The molecule has 1 amide bonds. The molecule has 0 saturated heterocycles. The van der Waals surface area contributed by atoms with E-state index in [1.54, 1.807) is 6.07 Å². The minimum atomic E-state index is -0.157. The highest BCUT2D eigenvalue weighted by Gasteiger charge is 2.09. The molecule has 0 radical (unpaired) electrons. The van der Waals surface area contributed by atoms with Gasteiger partial charge in [0.25, 0.3) is 5.91 Å². The van der Waals surface area contributed by atoms with Crippen molar-refractivity contribution in [2.75, 3.05) is 5.32 Å². The van der Waals surface area contributed by atoms with E-state index in [1.807, 2.05) is 79.7 Å². The maximum atomic E-state index is 12.5. The predicted molar refractivity (Wildman–Crippen MR) is 98.0 cm³/mol. The van der Waals surface area contributed by atoms with E-state index < -0.39 is 0 Å². The maximum absolute atomic E-state index is 12.5. The molecule has 0 aliphatic heterocycles. The van der Waals surface area contributed by atoms with Crippen LogP contribution in [0.25, 0.3) is 0 Å². The first-order valence-corrected chi connectivity index (χ1v) is 7.76. The molecule has 3 aromatic carbocycles. The third-order valence-corrected chi connectivity index (χ3v) is 3.60. The van der Waals surface area contributed by atoms with Gasteiger partial charge in [-0.05, 0) is 43.3 Å². The molecule has 1 N–H and O–H groups in total. The van der Waals surface area contributed by atoms with E-state index in [-0.39, 0.29) is 5.91 Å². The Morgan fingerprint density at radius 3 is 2.21 bits per heavy atom. The zero-order valence-electron chi connectivity index (χ0n) is 13.4. The molecule has 0 aromatic heterocycles. The molecule has 0 fully saturated rings. The molecule has 0 bridgehead atoms. The summed E-state index contributed by atoms with van der Waals surface area (Å²) in [6.45, 7) is 2.04. The fraction of sp³-hybridized carbons (Fsp3) is 0.0455. The van der Waals surface area contributed by atoms with Crippen LogP contribution in [-0.2, 0) is 0 Å². The zero-order chi connectivity index (χ0) is 16.8. The second-order valence-corrected chi connectivity index (χ2v) is 5.48. The van der Waals surface area contributed by atoms with Gasteiger partial charge in [0.2, 0.25) is 0 Å². The van der Waals surface area contributed by atoms with Crippen LogP contribution in [-0.4, -0.2) is 5.91 Å². The third-order valence-electron chi connectivity index (χ3n) is 3.60. The Bertz CT molecular complexity index is 900. The molecule has 116 valence electrons. The standard InChI is InChI=1S/C22H17NO/c1-17-11-13-18(14-12-17)15-16-19-7-5-6-10-21(19)22(24)23-20-8-3-2-4-9-20/h2-14H,1H3,(H,23,24). The fourth-order valence-corrected chi connectivity index (χ4v) is 2.29. The first kappa shape index (κ1) is 15.6. The molecule has 0 heterocycles. The summed E-state index contributed by atoms with van der Waals surface area (Å²) >= 11 is 0. The van der Waals surface area contributed by atoms with Crippen LogP contribution in [0.2, 0.25) is 0 Å². The van der Waals surface area contributed by atoms with E-state index in [4.69, 9.17) is 0 Å². The molecule has 24 heavy (non-hydrogen) atoms. The normalized spacial score (nSPS) is 9.71. The fourth-order valence-electron chi connectivity index (χ4n) is 2.29. The zero-order valence-corrected chi connectivity index (χ0v) is 13.4. The molecule has 3 aromatic rings. The molecule has 3 rings (SSSR count). The van der Waals surface area contributed by atoms with Gasteiger partial charge < -0.3 is 5.32 Å². The topological polar surface area (TPSA) is 29.1 Å². The van der Waals surface area contributed by atoms with Crippen LogP contribution in [0, 0.1) is 18.8 Å². The lowest BCUT2D eigenvalue weighted by Crippen LogP contribution is -2.13. The Hall–Kier alpha value is -3.31. The number of anilines is 1. The summed E-state index contributed by atoms with van der Waals surface area (Å²) in [5.74, 6) is 6.06. The SMILES string of the molecule is Cc1ccc(C#Cc2ccccc2C(=O)Nc2ccccc2)cc1. The van der Waals surface area contributed by atoms with Crippen LogP contribution in [0.3, 0.4) is 0 Å². The van der Waals surface area contributed by atoms with Crippen LogP contribution < -0.4 is 5.32 Å². The second-order valence-electron chi connectivity index (χ2n) is 5.48. The Kier molecular flexibility index (Phi) is 4.74. The molecular formula is C22H17NO. The van der Waals surface area contributed by atoms with E-state index in [0.29, 0.717) is 11.1 Å². The molecule has 2 nitrogen and oxygen atoms in total. The summed E-state index contributed by atoms with van der Waals surface area (Å²) in [5.41, 5.74) is 4.18. The minimum absolute atomic E-state index is 0.157. The van der Waals surface area contributed by atoms with Crippen molar-refractivity contribution in [2.45, 2.75) is 6.92 Å². The Balaban J connectivity index is 1.86. The van der Waals surface area contributed by atoms with Crippen molar-refractivity contribution in [3.05, 3.63) is 101 Å². The van der Waals surface area contributed by atoms with Crippen LogP contribution in [0.4, 0.5) is 5.69 Å². The van der Waals surface area contributed by atoms with Crippen LogP contribution >= 0.6 is 0 Å². The summed E-state index contributed by atoms with van der Waals surface area (Å²) in [4.78, 5) is 12.5. The maximum Gasteiger partial charge on any atom is 0.256 e. The summed E-state index contributed by atoms with van der Waals surface area (Å²) in [6.07, 6.45) is 0. The highest BCUT2D eigenvalue weighted by Crippen LogP contribution is 2.12. The van der Waals surface area contributed by atoms with Gasteiger partial charge in [0.05, 0.1) is 5.56 Å². The molecule has 2 heteroatoms. The van der Waals surface area contributed by atoms with Crippen molar-refractivity contribution in [1.29, 1.82) is 0 Å². The van der Waals surface area contributed by atoms with Gasteiger partial charge in [0.1, 0.15) is 0 Å². The first-order chi connectivity index (χ1) is 11.7. The van der Waals surface area contributed by atoms with Crippen molar-refractivity contribution < 1.29 is 4.79 Å². The van der Waals surface area contributed by atoms with Gasteiger partial charge in [-0.3, -0.25) is 4.79 Å². The van der Waals surface area contributed by atoms with E-state index in [9.17, 15) is 4.79 Å². The van der Waals surface area contributed by atoms with Gasteiger partial charge in [-0.25, -0.2) is 0 Å². The smallest absolute Gasteiger partial charge is 0.256 e. The van der Waals surface area contributed by atoms with Crippen molar-refractivity contribution in [2.24, 2.45) is 0 Å². The number of hydrogen-bond donors (Lipinski definition) is 1. The van der Waals surface area contributed by atoms with E-state index in [1.165, 1.54) is 5.56 Å². The predicted octanol–water partition coefficient (Wildman–Crippen LogP) is 4.65. The average Bonchev–Trinajstić information content (AvgIpc) is 2.62. The molecule has 0 aliphatic rings. The molecule has 0 aliphatic carbocycles. The highest BCUT2D eigenvalue weighted by atomic mass is 16.1. The van der Waals surface area contributed by atoms with E-state index >= 15 is 0 Å². The van der Waals surface area contributed by atoms with Gasteiger partial charge in [-0.1, -0.05) is 59.9 Å². The number of carbonyl (C=O) groups excluding carboxylic acids is 1. The molecule has 0 atom stereocenters. The number of nitrogens with one attached hydrogen (secondary N) is 1. The second kappa shape index (κ2) is 7.30. The van der Waals surface area contributed by atoms with E-state index in [2.05, 4.69) is 17.2 Å². The molecule has 0 unspecified atom stereocenters. The Morgan fingerprint density at radius 2 is 1.46 bits per heavy atom. The van der Waals surface area contributed by atoms with Gasteiger partial charge >= 0.3 is 0 Å². The largest absolute Gasteiger partial charge is 0.322 e. The van der Waals surface area contributed by atoms with Crippen molar-refractivity contribution >= 4 is 11.6 Å². The van der Waals surface area contributed by atoms with Crippen molar-refractivity contribution in [3.63, 3.8) is 0 Å². The monoisotopic (exact) mass is 311 g/mol. The number of hydrogen-bond acceptors (Lipinski definition) is 1. The lowest BCUT2D eigenvalue weighted by atomic mass is 10.1. The Morgan fingerprint density at radius 1 is 0.792 bits per heavy atom. The molecule has 0 saturated carbocycles. The van der Waals surface area contributed by atoms with Crippen LogP contribution in [0.15, 0.2) is 78.9 Å². The first-order valence-electron chi connectivity index (χ1n) is 7.76. The average molecular weight is 311 g/mol. The lowest BCUT2D eigenvalue weighted by molar-refractivity contribution is 0.102. The lowest BCUT2D eigenvalue weighted by Gasteiger charge is -2.06. The number of rotatable bonds is 2. The van der Waals surface area contributed by atoms with Gasteiger partial charge in [-0.2, -0.15) is 0 Å². The van der Waals surface area contributed by atoms with Crippen LogP contribution in [0.5, 0.6) is 0 Å². The van der Waals surface area contributed by atoms with Crippen molar-refractivity contribution in [1.82, 2.24) is 0 Å². The van der Waals surface area contributed by atoms with Gasteiger partial charge in [0, 0.05) is 16.8 Å². The summed E-state index contributed by atoms with van der Waals surface area (Å²) in [6, 6.07) is 24.8. The Labute approximate surface area is 142 Å². The quantitative estimate of drug-likeness (QED) is 0.686. The number of aryl methyl sites for hydroxylation is 1. The van der Waals surface area contributed by atoms with E-state index in [0.717, 1.165) is 11.3 Å². The molecular weight excluding hydrogens is 294 g/mol. The van der Waals surface area contributed by atoms with Crippen LogP contribution in [0.1, 0.15) is 27.0 Å². The summed E-state index contributed by atoms with van der Waals surface area (Å²) in [5, 5.41) is 2.90.